The number of benzene rings is 1. The number of methoxy groups -OCH3 is 1. The lowest BCUT2D eigenvalue weighted by Gasteiger charge is -2.03. The van der Waals surface area contributed by atoms with E-state index < -0.39 is 17.8 Å². The van der Waals surface area contributed by atoms with Gasteiger partial charge in [-0.2, -0.15) is 4.98 Å². The molecule has 1 heterocycles. The van der Waals surface area contributed by atoms with Crippen LogP contribution in [-0.2, 0) is 9.53 Å². The lowest BCUT2D eigenvalue weighted by molar-refractivity contribution is -0.141. The third-order valence-corrected chi connectivity index (χ3v) is 2.46. The van der Waals surface area contributed by atoms with Gasteiger partial charge in [0.25, 0.3) is 0 Å². The molecule has 100 valence electrons. The molecule has 0 saturated carbocycles. The number of hydrogen-bond acceptors (Lipinski definition) is 6. The number of aromatic nitrogens is 2. The average Bonchev–Trinajstić information content (AvgIpc) is 2.88. The van der Waals surface area contributed by atoms with Crippen LogP contribution in [0.2, 0.25) is 0 Å². The van der Waals surface area contributed by atoms with Crippen LogP contribution in [0.3, 0.4) is 0 Å². The molecule has 0 bridgehead atoms. The first-order valence-electron chi connectivity index (χ1n) is 5.52. The Morgan fingerprint density at radius 2 is 2.37 bits per heavy atom. The number of nitrogens with zero attached hydrogens (tertiary/aromatic N) is 2. The van der Waals surface area contributed by atoms with E-state index in [0.29, 0.717) is 5.56 Å². The number of ether oxygens (including phenoxy) is 1. The van der Waals surface area contributed by atoms with Gasteiger partial charge in [-0.3, -0.25) is 4.79 Å². The van der Waals surface area contributed by atoms with Crippen molar-refractivity contribution in [3.8, 4) is 11.4 Å². The topological polar surface area (TPSA) is 91.2 Å². The van der Waals surface area contributed by atoms with Gasteiger partial charge in [0, 0.05) is 5.56 Å². The number of esters is 1. The fourth-order valence-electron chi connectivity index (χ4n) is 1.48. The van der Waals surface area contributed by atoms with Crippen LogP contribution in [0.25, 0.3) is 11.4 Å². The molecule has 0 aliphatic carbocycles. The number of rotatable bonds is 4. The number of nitrogens with two attached hydrogens (primary N) is 1. The Morgan fingerprint density at radius 1 is 1.58 bits per heavy atom. The van der Waals surface area contributed by atoms with Crippen molar-refractivity contribution in [2.24, 2.45) is 5.73 Å². The molecule has 0 fully saturated rings. The second kappa shape index (κ2) is 5.57. The van der Waals surface area contributed by atoms with E-state index in [2.05, 4.69) is 14.9 Å². The number of carbonyl (C=O) groups excluding carboxylic acids is 1. The summed E-state index contributed by atoms with van der Waals surface area (Å²) in [6.45, 7) is 0. The first kappa shape index (κ1) is 13.2. The molecular formula is C12H12FN3O3. The van der Waals surface area contributed by atoms with Gasteiger partial charge < -0.3 is 15.0 Å². The molecule has 19 heavy (non-hydrogen) atoms. The van der Waals surface area contributed by atoms with E-state index in [1.807, 2.05) is 0 Å². The molecule has 2 N–H and O–H groups in total. The zero-order valence-corrected chi connectivity index (χ0v) is 10.2. The summed E-state index contributed by atoms with van der Waals surface area (Å²) in [4.78, 5) is 15.1. The Hall–Kier alpha value is -2.28. The first-order valence-corrected chi connectivity index (χ1v) is 5.52. The van der Waals surface area contributed by atoms with E-state index in [0.717, 1.165) is 0 Å². The van der Waals surface area contributed by atoms with Crippen molar-refractivity contribution in [2.75, 3.05) is 7.11 Å². The van der Waals surface area contributed by atoms with Gasteiger partial charge in [0.15, 0.2) is 0 Å². The van der Waals surface area contributed by atoms with Gasteiger partial charge >= 0.3 is 5.97 Å². The van der Waals surface area contributed by atoms with Crippen molar-refractivity contribution in [1.29, 1.82) is 0 Å². The maximum atomic E-state index is 13.1. The van der Waals surface area contributed by atoms with E-state index in [9.17, 15) is 9.18 Å². The van der Waals surface area contributed by atoms with Crippen molar-refractivity contribution >= 4 is 5.97 Å². The molecule has 0 saturated heterocycles. The summed E-state index contributed by atoms with van der Waals surface area (Å²) in [5.74, 6) is -0.555. The minimum absolute atomic E-state index is 0.0682. The van der Waals surface area contributed by atoms with Crippen LogP contribution in [0.1, 0.15) is 18.4 Å². The Kier molecular flexibility index (Phi) is 3.86. The number of halogens is 1. The highest BCUT2D eigenvalue weighted by molar-refractivity contribution is 5.70. The SMILES string of the molecule is COC(=O)CC(N)c1nc(-c2cccc(F)c2)no1. The molecule has 2 aromatic rings. The van der Waals surface area contributed by atoms with Gasteiger partial charge in [-0.15, -0.1) is 0 Å². The minimum atomic E-state index is -0.748. The molecule has 1 aromatic heterocycles. The fourth-order valence-corrected chi connectivity index (χ4v) is 1.48. The largest absolute Gasteiger partial charge is 0.469 e. The summed E-state index contributed by atoms with van der Waals surface area (Å²) in [5.41, 5.74) is 6.19. The normalized spacial score (nSPS) is 12.2. The average molecular weight is 265 g/mol. The predicted octanol–water partition coefficient (Wildman–Crippen LogP) is 1.44. The molecule has 6 nitrogen and oxygen atoms in total. The molecule has 1 unspecified atom stereocenters. The quantitative estimate of drug-likeness (QED) is 0.841. The summed E-state index contributed by atoms with van der Waals surface area (Å²) in [7, 11) is 1.26. The van der Waals surface area contributed by atoms with E-state index in [1.54, 1.807) is 6.07 Å². The zero-order chi connectivity index (χ0) is 13.8. The molecule has 0 aliphatic heterocycles. The standard InChI is InChI=1S/C12H12FN3O3/c1-18-10(17)6-9(14)12-15-11(16-19-12)7-3-2-4-8(13)5-7/h2-5,9H,6,14H2,1H3. The van der Waals surface area contributed by atoms with Crippen molar-refractivity contribution in [1.82, 2.24) is 10.1 Å². The molecule has 0 aliphatic rings. The predicted molar refractivity (Wildman–Crippen MR) is 63.3 cm³/mol. The second-order valence-electron chi connectivity index (χ2n) is 3.85. The summed E-state index contributed by atoms with van der Waals surface area (Å²) in [6, 6.07) is 5.02. The third kappa shape index (κ3) is 3.14. The highest BCUT2D eigenvalue weighted by Crippen LogP contribution is 2.20. The maximum absolute atomic E-state index is 13.1. The number of hydrogen-bond donors (Lipinski definition) is 1. The van der Waals surface area contributed by atoms with Gasteiger partial charge in [0.1, 0.15) is 5.82 Å². The molecule has 0 spiro atoms. The Morgan fingerprint density at radius 3 is 3.05 bits per heavy atom. The number of carbonyl (C=O) groups is 1. The van der Waals surface area contributed by atoms with Gasteiger partial charge in [0.05, 0.1) is 19.6 Å². The van der Waals surface area contributed by atoms with Crippen LogP contribution in [0.4, 0.5) is 4.39 Å². The van der Waals surface area contributed by atoms with Crippen molar-refractivity contribution in [3.63, 3.8) is 0 Å². The van der Waals surface area contributed by atoms with Crippen LogP contribution < -0.4 is 5.73 Å². The van der Waals surface area contributed by atoms with Crippen LogP contribution in [0.15, 0.2) is 28.8 Å². The van der Waals surface area contributed by atoms with Crippen LogP contribution in [0.5, 0.6) is 0 Å². The van der Waals surface area contributed by atoms with Crippen LogP contribution in [0, 0.1) is 5.82 Å². The van der Waals surface area contributed by atoms with Crippen LogP contribution in [-0.4, -0.2) is 23.2 Å². The van der Waals surface area contributed by atoms with Gasteiger partial charge in [-0.05, 0) is 12.1 Å². The smallest absolute Gasteiger partial charge is 0.307 e. The van der Waals surface area contributed by atoms with E-state index in [1.165, 1.54) is 25.3 Å². The van der Waals surface area contributed by atoms with E-state index in [-0.39, 0.29) is 18.1 Å². The molecule has 0 amide bonds. The Labute approximate surface area is 108 Å². The molecular weight excluding hydrogens is 253 g/mol. The minimum Gasteiger partial charge on any atom is -0.469 e. The third-order valence-electron chi connectivity index (χ3n) is 2.46. The lowest BCUT2D eigenvalue weighted by atomic mass is 10.2. The summed E-state index contributed by atoms with van der Waals surface area (Å²) in [5, 5.41) is 3.70. The Bertz CT molecular complexity index is 585. The summed E-state index contributed by atoms with van der Waals surface area (Å²) >= 11 is 0. The molecule has 1 atom stereocenters. The molecule has 1 aromatic carbocycles. The highest BCUT2D eigenvalue weighted by Gasteiger charge is 2.19. The van der Waals surface area contributed by atoms with Gasteiger partial charge in [-0.25, -0.2) is 4.39 Å². The van der Waals surface area contributed by atoms with E-state index >= 15 is 0 Å². The zero-order valence-electron chi connectivity index (χ0n) is 10.2. The molecule has 2 rings (SSSR count). The second-order valence-corrected chi connectivity index (χ2v) is 3.85. The van der Waals surface area contributed by atoms with Crippen LogP contribution >= 0.6 is 0 Å². The summed E-state index contributed by atoms with van der Waals surface area (Å²) in [6.07, 6.45) is -0.0682. The van der Waals surface area contributed by atoms with Gasteiger partial charge in [-0.1, -0.05) is 17.3 Å². The lowest BCUT2D eigenvalue weighted by Crippen LogP contribution is -2.16. The first-order chi connectivity index (χ1) is 9.10. The Balaban J connectivity index is 2.17. The molecule has 7 heteroatoms. The van der Waals surface area contributed by atoms with Crippen molar-refractivity contribution < 1.29 is 18.4 Å². The highest BCUT2D eigenvalue weighted by atomic mass is 19.1. The van der Waals surface area contributed by atoms with E-state index in [4.69, 9.17) is 10.3 Å². The maximum Gasteiger partial charge on any atom is 0.307 e. The monoisotopic (exact) mass is 265 g/mol. The van der Waals surface area contributed by atoms with Crippen molar-refractivity contribution in [2.45, 2.75) is 12.5 Å². The van der Waals surface area contributed by atoms with Crippen molar-refractivity contribution in [3.05, 3.63) is 36.0 Å². The summed E-state index contributed by atoms with van der Waals surface area (Å²) < 4.78 is 22.5. The fraction of sp³-hybridized carbons (Fsp3) is 0.250. The van der Waals surface area contributed by atoms with Gasteiger partial charge in [0.2, 0.25) is 11.7 Å². The molecule has 0 radical (unpaired) electrons.